The summed E-state index contributed by atoms with van der Waals surface area (Å²) in [5, 5.41) is 0.798. The molecule has 2 N–H and O–H groups in total. The molecule has 0 saturated heterocycles. The Kier molecular flexibility index (Phi) is 5.86. The summed E-state index contributed by atoms with van der Waals surface area (Å²) in [7, 11) is 0. The first-order valence-electron chi connectivity index (χ1n) is 6.08. The van der Waals surface area contributed by atoms with E-state index in [0.717, 1.165) is 23.8 Å². The summed E-state index contributed by atoms with van der Waals surface area (Å²) in [6.45, 7) is 4.50. The van der Waals surface area contributed by atoms with Crippen LogP contribution in [0.5, 0.6) is 0 Å². The lowest BCUT2D eigenvalue weighted by molar-refractivity contribution is 0.496. The van der Waals surface area contributed by atoms with Crippen molar-refractivity contribution >= 4 is 11.6 Å². The fourth-order valence-electron chi connectivity index (χ4n) is 1.86. The first-order chi connectivity index (χ1) is 7.58. The molecule has 90 valence electrons. The van der Waals surface area contributed by atoms with Crippen molar-refractivity contribution in [3.05, 3.63) is 34.9 Å². The van der Waals surface area contributed by atoms with E-state index in [0.29, 0.717) is 0 Å². The van der Waals surface area contributed by atoms with Crippen LogP contribution in [0.15, 0.2) is 24.3 Å². The smallest absolute Gasteiger partial charge is 0.0408 e. The molecule has 1 aromatic carbocycles. The number of halogens is 1. The molecule has 0 fully saturated rings. The predicted octanol–water partition coefficient (Wildman–Crippen LogP) is 4.04. The number of nitrogens with two attached hydrogens (primary N) is 1. The Labute approximate surface area is 104 Å². The van der Waals surface area contributed by atoms with Gasteiger partial charge in [0.25, 0.3) is 0 Å². The highest BCUT2D eigenvalue weighted by Crippen LogP contribution is 2.14. The first kappa shape index (κ1) is 13.5. The summed E-state index contributed by atoms with van der Waals surface area (Å²) in [5.41, 5.74) is 7.34. The van der Waals surface area contributed by atoms with E-state index in [1.165, 1.54) is 18.4 Å². The maximum atomic E-state index is 6.10. The second-order valence-electron chi connectivity index (χ2n) is 4.92. The molecular weight excluding hydrogens is 218 g/mol. The predicted molar refractivity (Wildman–Crippen MR) is 71.8 cm³/mol. The third-order valence-electron chi connectivity index (χ3n) is 2.74. The van der Waals surface area contributed by atoms with Gasteiger partial charge in [-0.3, -0.25) is 0 Å². The largest absolute Gasteiger partial charge is 0.327 e. The van der Waals surface area contributed by atoms with Gasteiger partial charge in [-0.05, 0) is 36.5 Å². The van der Waals surface area contributed by atoms with Crippen LogP contribution >= 0.6 is 11.6 Å². The van der Waals surface area contributed by atoms with Crippen LogP contribution in [-0.2, 0) is 6.42 Å². The van der Waals surface area contributed by atoms with Crippen molar-refractivity contribution in [1.82, 2.24) is 0 Å². The van der Waals surface area contributed by atoms with Crippen molar-refractivity contribution in [2.75, 3.05) is 0 Å². The van der Waals surface area contributed by atoms with Crippen LogP contribution in [0.3, 0.4) is 0 Å². The lowest BCUT2D eigenvalue weighted by atomic mass is 9.99. The maximum absolute atomic E-state index is 6.10. The highest BCUT2D eigenvalue weighted by molar-refractivity contribution is 6.30. The normalized spacial score (nSPS) is 13.1. The topological polar surface area (TPSA) is 26.0 Å². The molecule has 1 atom stereocenters. The molecule has 16 heavy (non-hydrogen) atoms. The van der Waals surface area contributed by atoms with Crippen LogP contribution in [0.4, 0.5) is 0 Å². The molecule has 2 heteroatoms. The maximum Gasteiger partial charge on any atom is 0.0408 e. The van der Waals surface area contributed by atoms with Crippen LogP contribution in [0.25, 0.3) is 0 Å². The number of benzene rings is 1. The van der Waals surface area contributed by atoms with Crippen molar-refractivity contribution in [1.29, 1.82) is 0 Å². The van der Waals surface area contributed by atoms with Crippen molar-refractivity contribution in [3.8, 4) is 0 Å². The Morgan fingerprint density at radius 3 is 2.62 bits per heavy atom. The van der Waals surface area contributed by atoms with E-state index >= 15 is 0 Å². The van der Waals surface area contributed by atoms with Crippen molar-refractivity contribution in [3.63, 3.8) is 0 Å². The summed E-state index contributed by atoms with van der Waals surface area (Å²) in [6.07, 6.45) is 4.52. The van der Waals surface area contributed by atoms with Gasteiger partial charge in [-0.2, -0.15) is 0 Å². The fraction of sp³-hybridized carbons (Fsp3) is 0.571. The minimum absolute atomic E-state index is 0.261. The number of rotatable bonds is 6. The molecule has 1 nitrogen and oxygen atoms in total. The van der Waals surface area contributed by atoms with Crippen LogP contribution in [-0.4, -0.2) is 6.04 Å². The summed E-state index contributed by atoms with van der Waals surface area (Å²) >= 11 is 5.93. The molecule has 1 unspecified atom stereocenters. The Hall–Kier alpha value is -0.530. The zero-order valence-electron chi connectivity index (χ0n) is 10.2. The monoisotopic (exact) mass is 239 g/mol. The standard InChI is InChI=1S/C14H22ClN/c1-11(2)5-3-8-14(16)10-12-6-4-7-13(15)9-12/h4,6-7,9,11,14H,3,5,8,10,16H2,1-2H3. The van der Waals surface area contributed by atoms with Gasteiger partial charge in [0.2, 0.25) is 0 Å². The first-order valence-corrected chi connectivity index (χ1v) is 6.45. The minimum Gasteiger partial charge on any atom is -0.327 e. The average molecular weight is 240 g/mol. The van der Waals surface area contributed by atoms with E-state index in [-0.39, 0.29) is 6.04 Å². The minimum atomic E-state index is 0.261. The molecule has 0 saturated carbocycles. The summed E-state index contributed by atoms with van der Waals surface area (Å²) in [6, 6.07) is 8.24. The second-order valence-corrected chi connectivity index (χ2v) is 5.36. The van der Waals surface area contributed by atoms with E-state index in [4.69, 9.17) is 17.3 Å². The molecule has 1 rings (SSSR count). The Morgan fingerprint density at radius 1 is 1.25 bits per heavy atom. The van der Waals surface area contributed by atoms with Crippen molar-refractivity contribution in [2.24, 2.45) is 11.7 Å². The SMILES string of the molecule is CC(C)CCCC(N)Cc1cccc(Cl)c1. The lowest BCUT2D eigenvalue weighted by Crippen LogP contribution is -2.22. The molecule has 0 amide bonds. The Bertz CT molecular complexity index is 309. The van der Waals surface area contributed by atoms with Crippen LogP contribution in [0.1, 0.15) is 38.7 Å². The van der Waals surface area contributed by atoms with E-state index in [9.17, 15) is 0 Å². The highest BCUT2D eigenvalue weighted by atomic mass is 35.5. The van der Waals surface area contributed by atoms with E-state index in [2.05, 4.69) is 19.9 Å². The molecule has 0 bridgehead atoms. The molecule has 0 spiro atoms. The average Bonchev–Trinajstić information content (AvgIpc) is 2.16. The van der Waals surface area contributed by atoms with Gasteiger partial charge in [-0.25, -0.2) is 0 Å². The quantitative estimate of drug-likeness (QED) is 0.797. The summed E-state index contributed by atoms with van der Waals surface area (Å²) in [4.78, 5) is 0. The van der Waals surface area contributed by atoms with Gasteiger partial charge >= 0.3 is 0 Å². The van der Waals surface area contributed by atoms with Crippen molar-refractivity contribution < 1.29 is 0 Å². The third kappa shape index (κ3) is 5.53. The molecular formula is C14H22ClN. The fourth-order valence-corrected chi connectivity index (χ4v) is 2.07. The summed E-state index contributed by atoms with van der Waals surface area (Å²) in [5.74, 6) is 0.776. The number of hydrogen-bond donors (Lipinski definition) is 1. The molecule has 0 aliphatic rings. The van der Waals surface area contributed by atoms with Crippen molar-refractivity contribution in [2.45, 2.75) is 45.6 Å². The summed E-state index contributed by atoms with van der Waals surface area (Å²) < 4.78 is 0. The molecule has 0 radical (unpaired) electrons. The third-order valence-corrected chi connectivity index (χ3v) is 2.98. The van der Waals surface area contributed by atoms with Gasteiger partial charge in [-0.15, -0.1) is 0 Å². The van der Waals surface area contributed by atoms with E-state index in [1.807, 2.05) is 18.2 Å². The van der Waals surface area contributed by atoms with Gasteiger partial charge in [0, 0.05) is 11.1 Å². The van der Waals surface area contributed by atoms with Gasteiger partial charge in [0.1, 0.15) is 0 Å². The van der Waals surface area contributed by atoms with E-state index < -0.39 is 0 Å². The molecule has 0 aromatic heterocycles. The number of hydrogen-bond acceptors (Lipinski definition) is 1. The van der Waals surface area contributed by atoms with Crippen LogP contribution in [0, 0.1) is 5.92 Å². The molecule has 0 aliphatic carbocycles. The Balaban J connectivity index is 2.31. The van der Waals surface area contributed by atoms with E-state index in [1.54, 1.807) is 0 Å². The Morgan fingerprint density at radius 2 is 2.00 bits per heavy atom. The van der Waals surface area contributed by atoms with Gasteiger partial charge in [-0.1, -0.05) is 50.4 Å². The second kappa shape index (κ2) is 6.93. The molecule has 0 heterocycles. The molecule has 0 aliphatic heterocycles. The molecule has 1 aromatic rings. The zero-order chi connectivity index (χ0) is 12.0. The van der Waals surface area contributed by atoms with Crippen LogP contribution in [0.2, 0.25) is 5.02 Å². The van der Waals surface area contributed by atoms with Gasteiger partial charge < -0.3 is 5.73 Å². The van der Waals surface area contributed by atoms with Crippen LogP contribution < -0.4 is 5.73 Å². The lowest BCUT2D eigenvalue weighted by Gasteiger charge is -2.12. The van der Waals surface area contributed by atoms with Gasteiger partial charge in [0.05, 0.1) is 0 Å². The highest BCUT2D eigenvalue weighted by Gasteiger charge is 2.05. The van der Waals surface area contributed by atoms with Gasteiger partial charge in [0.15, 0.2) is 0 Å². The zero-order valence-corrected chi connectivity index (χ0v) is 11.0.